The van der Waals surface area contributed by atoms with Crippen LogP contribution in [-0.2, 0) is 6.54 Å². The third-order valence-electron chi connectivity index (χ3n) is 3.64. The number of imidazole rings is 1. The molecular weight excluding hydrogens is 210 g/mol. The van der Waals surface area contributed by atoms with Crippen molar-refractivity contribution in [3.05, 3.63) is 11.9 Å². The summed E-state index contributed by atoms with van der Waals surface area (Å²) in [5.41, 5.74) is 1.13. The third kappa shape index (κ3) is 3.48. The molecule has 1 fully saturated rings. The average Bonchev–Trinajstić information content (AvgIpc) is 2.90. The molecule has 1 N–H and O–H groups in total. The average molecular weight is 235 g/mol. The van der Waals surface area contributed by atoms with E-state index in [-0.39, 0.29) is 0 Å². The van der Waals surface area contributed by atoms with Gasteiger partial charge in [-0.25, -0.2) is 4.98 Å². The Morgan fingerprint density at radius 3 is 2.88 bits per heavy atom. The van der Waals surface area contributed by atoms with Crippen LogP contribution in [-0.4, -0.2) is 16.1 Å². The van der Waals surface area contributed by atoms with E-state index in [4.69, 9.17) is 0 Å². The van der Waals surface area contributed by atoms with Gasteiger partial charge < -0.3 is 9.88 Å². The number of aryl methyl sites for hydroxylation is 1. The van der Waals surface area contributed by atoms with Gasteiger partial charge in [0.25, 0.3) is 0 Å². The molecule has 0 radical (unpaired) electrons. The van der Waals surface area contributed by atoms with E-state index in [2.05, 4.69) is 34.9 Å². The van der Waals surface area contributed by atoms with Crippen molar-refractivity contribution in [2.75, 3.05) is 11.9 Å². The standard InChI is InChI=1S/C14H25N3/c1-3-4-9-15-14-16-12(2)10-17(14)11-13-7-5-6-8-13/h10,13H,3-9,11H2,1-2H3,(H,15,16). The second kappa shape index (κ2) is 6.08. The van der Waals surface area contributed by atoms with Gasteiger partial charge in [0.1, 0.15) is 0 Å². The van der Waals surface area contributed by atoms with E-state index in [0.29, 0.717) is 0 Å². The topological polar surface area (TPSA) is 29.9 Å². The fourth-order valence-electron chi connectivity index (χ4n) is 2.68. The van der Waals surface area contributed by atoms with E-state index >= 15 is 0 Å². The normalized spacial score (nSPS) is 16.6. The minimum absolute atomic E-state index is 0.871. The Labute approximate surface area is 105 Å². The zero-order valence-corrected chi connectivity index (χ0v) is 11.2. The molecule has 0 bridgehead atoms. The minimum Gasteiger partial charge on any atom is -0.356 e. The Kier molecular flexibility index (Phi) is 4.46. The van der Waals surface area contributed by atoms with Gasteiger partial charge in [-0.3, -0.25) is 0 Å². The first-order valence-electron chi connectivity index (χ1n) is 7.07. The Morgan fingerprint density at radius 1 is 1.41 bits per heavy atom. The smallest absolute Gasteiger partial charge is 0.203 e. The van der Waals surface area contributed by atoms with Gasteiger partial charge in [-0.1, -0.05) is 26.2 Å². The molecule has 1 aliphatic rings. The Hall–Kier alpha value is -0.990. The molecule has 0 atom stereocenters. The molecule has 0 spiro atoms. The maximum absolute atomic E-state index is 4.58. The number of unbranched alkanes of at least 4 members (excludes halogenated alkanes) is 1. The lowest BCUT2D eigenvalue weighted by atomic mass is 10.1. The summed E-state index contributed by atoms with van der Waals surface area (Å²) < 4.78 is 2.32. The molecule has 1 aromatic heterocycles. The fraction of sp³-hybridized carbons (Fsp3) is 0.786. The molecule has 1 aliphatic carbocycles. The van der Waals surface area contributed by atoms with Gasteiger partial charge in [-0.15, -0.1) is 0 Å². The van der Waals surface area contributed by atoms with Gasteiger partial charge in [0.2, 0.25) is 5.95 Å². The summed E-state index contributed by atoms with van der Waals surface area (Å²) in [6.45, 7) is 6.49. The monoisotopic (exact) mass is 235 g/mol. The molecule has 3 nitrogen and oxygen atoms in total. The third-order valence-corrected chi connectivity index (χ3v) is 3.64. The van der Waals surface area contributed by atoms with Crippen molar-refractivity contribution in [3.8, 4) is 0 Å². The largest absolute Gasteiger partial charge is 0.356 e. The molecule has 17 heavy (non-hydrogen) atoms. The molecule has 0 saturated heterocycles. The molecule has 3 heteroatoms. The predicted octanol–water partition coefficient (Wildman–Crippen LogP) is 3.59. The number of nitrogens with one attached hydrogen (secondary N) is 1. The molecule has 96 valence electrons. The van der Waals surface area contributed by atoms with E-state index in [0.717, 1.165) is 30.6 Å². The highest BCUT2D eigenvalue weighted by Gasteiger charge is 2.17. The van der Waals surface area contributed by atoms with Crippen LogP contribution in [0.5, 0.6) is 0 Å². The van der Waals surface area contributed by atoms with Crippen molar-refractivity contribution in [1.82, 2.24) is 9.55 Å². The van der Waals surface area contributed by atoms with Crippen LogP contribution < -0.4 is 5.32 Å². The highest BCUT2D eigenvalue weighted by Crippen LogP contribution is 2.27. The Morgan fingerprint density at radius 2 is 2.18 bits per heavy atom. The molecule has 0 aromatic carbocycles. The maximum Gasteiger partial charge on any atom is 0.203 e. The van der Waals surface area contributed by atoms with Crippen LogP contribution in [0.1, 0.15) is 51.1 Å². The minimum atomic E-state index is 0.871. The predicted molar refractivity (Wildman–Crippen MR) is 72.3 cm³/mol. The summed E-state index contributed by atoms with van der Waals surface area (Å²) in [4.78, 5) is 4.58. The van der Waals surface area contributed by atoms with Crippen molar-refractivity contribution < 1.29 is 0 Å². The molecule has 1 heterocycles. The number of hydrogen-bond donors (Lipinski definition) is 1. The number of nitrogens with zero attached hydrogens (tertiary/aromatic N) is 2. The Bertz CT molecular complexity index is 337. The zero-order chi connectivity index (χ0) is 12.1. The van der Waals surface area contributed by atoms with Crippen LogP contribution in [0.25, 0.3) is 0 Å². The van der Waals surface area contributed by atoms with Gasteiger partial charge in [0, 0.05) is 19.3 Å². The van der Waals surface area contributed by atoms with E-state index < -0.39 is 0 Å². The molecule has 1 saturated carbocycles. The number of rotatable bonds is 6. The van der Waals surface area contributed by atoms with Gasteiger partial charge in [-0.05, 0) is 32.1 Å². The van der Waals surface area contributed by atoms with Crippen LogP contribution in [0.3, 0.4) is 0 Å². The molecule has 0 unspecified atom stereocenters. The number of anilines is 1. The first-order chi connectivity index (χ1) is 8.29. The Balaban J connectivity index is 1.94. The van der Waals surface area contributed by atoms with Gasteiger partial charge >= 0.3 is 0 Å². The van der Waals surface area contributed by atoms with Crippen molar-refractivity contribution in [2.24, 2.45) is 5.92 Å². The lowest BCUT2D eigenvalue weighted by molar-refractivity contribution is 0.459. The lowest BCUT2D eigenvalue weighted by Crippen LogP contribution is -2.12. The van der Waals surface area contributed by atoms with Crippen LogP contribution in [0, 0.1) is 12.8 Å². The van der Waals surface area contributed by atoms with E-state index in [1.54, 1.807) is 0 Å². The lowest BCUT2D eigenvalue weighted by Gasteiger charge is -2.13. The van der Waals surface area contributed by atoms with Gasteiger partial charge in [-0.2, -0.15) is 0 Å². The number of hydrogen-bond acceptors (Lipinski definition) is 2. The van der Waals surface area contributed by atoms with Crippen LogP contribution >= 0.6 is 0 Å². The van der Waals surface area contributed by atoms with Crippen LogP contribution in [0.15, 0.2) is 6.20 Å². The van der Waals surface area contributed by atoms with E-state index in [9.17, 15) is 0 Å². The summed E-state index contributed by atoms with van der Waals surface area (Å²) >= 11 is 0. The van der Waals surface area contributed by atoms with Crippen molar-refractivity contribution in [2.45, 2.75) is 58.9 Å². The van der Waals surface area contributed by atoms with Gasteiger partial charge in [0.15, 0.2) is 0 Å². The zero-order valence-electron chi connectivity index (χ0n) is 11.2. The molecule has 1 aromatic rings. The van der Waals surface area contributed by atoms with E-state index in [1.807, 2.05) is 0 Å². The molecular formula is C14H25N3. The number of aromatic nitrogens is 2. The second-order valence-corrected chi connectivity index (χ2v) is 5.29. The van der Waals surface area contributed by atoms with Crippen molar-refractivity contribution in [3.63, 3.8) is 0 Å². The van der Waals surface area contributed by atoms with Gasteiger partial charge in [0.05, 0.1) is 5.69 Å². The summed E-state index contributed by atoms with van der Waals surface area (Å²) in [5, 5.41) is 3.46. The summed E-state index contributed by atoms with van der Waals surface area (Å²) in [5.74, 6) is 1.94. The highest BCUT2D eigenvalue weighted by atomic mass is 15.2. The van der Waals surface area contributed by atoms with Crippen molar-refractivity contribution in [1.29, 1.82) is 0 Å². The molecule has 0 amide bonds. The first-order valence-corrected chi connectivity index (χ1v) is 7.07. The fourth-order valence-corrected chi connectivity index (χ4v) is 2.68. The van der Waals surface area contributed by atoms with Crippen LogP contribution in [0.2, 0.25) is 0 Å². The van der Waals surface area contributed by atoms with Crippen molar-refractivity contribution >= 4 is 5.95 Å². The van der Waals surface area contributed by atoms with E-state index in [1.165, 1.54) is 38.5 Å². The molecule has 0 aliphatic heterocycles. The summed E-state index contributed by atoms with van der Waals surface area (Å²) in [7, 11) is 0. The SMILES string of the molecule is CCCCNc1nc(C)cn1CC1CCCC1. The quantitative estimate of drug-likeness (QED) is 0.764. The van der Waals surface area contributed by atoms with Crippen LogP contribution in [0.4, 0.5) is 5.95 Å². The second-order valence-electron chi connectivity index (χ2n) is 5.29. The summed E-state index contributed by atoms with van der Waals surface area (Å²) in [6, 6.07) is 0. The first kappa shape index (κ1) is 12.5. The molecule has 2 rings (SSSR count). The summed E-state index contributed by atoms with van der Waals surface area (Å²) in [6.07, 6.45) is 10.3. The highest BCUT2D eigenvalue weighted by molar-refractivity contribution is 5.28. The maximum atomic E-state index is 4.58.